The molecule has 1 N–H and O–H groups in total. The van der Waals surface area contributed by atoms with Gasteiger partial charge in [-0.1, -0.05) is 43.3 Å². The van der Waals surface area contributed by atoms with E-state index in [-0.39, 0.29) is 6.42 Å². The molecule has 0 saturated carbocycles. The molecule has 3 rings (SSSR count). The molecule has 2 aromatic carbocycles. The maximum Gasteiger partial charge on any atom is 0.270 e. The molecule has 0 bridgehead atoms. The van der Waals surface area contributed by atoms with Gasteiger partial charge in [0.05, 0.1) is 5.69 Å². The van der Waals surface area contributed by atoms with Gasteiger partial charge in [0.25, 0.3) is 11.8 Å². The normalized spacial score (nSPS) is 21.3. The monoisotopic (exact) mass is 281 g/mol. The number of rotatable bonds is 2. The number of anilines is 1. The van der Waals surface area contributed by atoms with Crippen molar-refractivity contribution in [3.63, 3.8) is 0 Å². The molecule has 0 saturated heterocycles. The van der Waals surface area contributed by atoms with Crippen LogP contribution in [0.2, 0.25) is 0 Å². The Hall–Kier alpha value is -2.46. The van der Waals surface area contributed by atoms with E-state index < -0.39 is 17.4 Å². The van der Waals surface area contributed by atoms with Gasteiger partial charge in [-0.3, -0.25) is 9.59 Å². The number of nitrogens with zero attached hydrogens (tertiary/aromatic N) is 1. The van der Waals surface area contributed by atoms with Crippen molar-refractivity contribution in [1.82, 2.24) is 0 Å². The standard InChI is InChI=1S/C17H15NO3/c1-2-17(21)14-11-7-6-10-13(14)15(19)18(16(17)20)12-8-4-3-5-9-12/h3-11,21H,2H2,1H3. The molecule has 1 heterocycles. The molecule has 21 heavy (non-hydrogen) atoms. The third-order valence-electron chi connectivity index (χ3n) is 3.89. The SMILES string of the molecule is CCC1(O)C(=O)N(c2ccccc2)C(=O)c2ccccc21. The highest BCUT2D eigenvalue weighted by molar-refractivity contribution is 6.26. The van der Waals surface area contributed by atoms with Gasteiger partial charge < -0.3 is 5.11 Å². The topological polar surface area (TPSA) is 57.6 Å². The molecule has 2 amide bonds. The third kappa shape index (κ3) is 1.87. The zero-order valence-electron chi connectivity index (χ0n) is 11.6. The predicted octanol–water partition coefficient (Wildman–Crippen LogP) is 2.47. The van der Waals surface area contributed by atoms with Crippen LogP contribution in [0.1, 0.15) is 29.3 Å². The van der Waals surface area contributed by atoms with Crippen LogP contribution in [0.15, 0.2) is 54.6 Å². The molecule has 4 nitrogen and oxygen atoms in total. The van der Waals surface area contributed by atoms with Crippen molar-refractivity contribution in [3.8, 4) is 0 Å². The number of carbonyl (C=O) groups excluding carboxylic acids is 2. The fraction of sp³-hybridized carbons (Fsp3) is 0.176. The van der Waals surface area contributed by atoms with E-state index >= 15 is 0 Å². The first-order chi connectivity index (χ1) is 10.1. The number of fused-ring (bicyclic) bond motifs is 1. The molecule has 2 aromatic rings. The Morgan fingerprint density at radius 2 is 1.62 bits per heavy atom. The van der Waals surface area contributed by atoms with Crippen molar-refractivity contribution in [2.75, 3.05) is 4.90 Å². The predicted molar refractivity (Wildman–Crippen MR) is 78.9 cm³/mol. The number of amides is 2. The van der Waals surface area contributed by atoms with Crippen LogP contribution in [0, 0.1) is 0 Å². The Labute approximate surface area is 122 Å². The second-order valence-electron chi connectivity index (χ2n) is 5.04. The number of imide groups is 1. The van der Waals surface area contributed by atoms with E-state index in [1.807, 2.05) is 6.07 Å². The smallest absolute Gasteiger partial charge is 0.270 e. The van der Waals surface area contributed by atoms with E-state index in [9.17, 15) is 14.7 Å². The molecule has 106 valence electrons. The van der Waals surface area contributed by atoms with E-state index in [4.69, 9.17) is 0 Å². The lowest BCUT2D eigenvalue weighted by molar-refractivity contribution is -0.138. The van der Waals surface area contributed by atoms with Gasteiger partial charge in [0, 0.05) is 11.1 Å². The summed E-state index contributed by atoms with van der Waals surface area (Å²) < 4.78 is 0. The molecule has 0 aromatic heterocycles. The zero-order valence-corrected chi connectivity index (χ0v) is 11.6. The Bertz CT molecular complexity index is 711. The highest BCUT2D eigenvalue weighted by Crippen LogP contribution is 2.37. The molecule has 4 heteroatoms. The lowest BCUT2D eigenvalue weighted by atomic mass is 9.82. The summed E-state index contributed by atoms with van der Waals surface area (Å²) in [4.78, 5) is 26.4. The number of aliphatic hydroxyl groups is 1. The number of para-hydroxylation sites is 1. The van der Waals surface area contributed by atoms with E-state index in [1.54, 1.807) is 55.5 Å². The van der Waals surface area contributed by atoms with Crippen molar-refractivity contribution in [1.29, 1.82) is 0 Å². The van der Waals surface area contributed by atoms with Crippen molar-refractivity contribution in [3.05, 3.63) is 65.7 Å². The van der Waals surface area contributed by atoms with Crippen LogP contribution in [-0.4, -0.2) is 16.9 Å². The van der Waals surface area contributed by atoms with Gasteiger partial charge in [0.15, 0.2) is 5.60 Å². The molecule has 0 radical (unpaired) electrons. The first kappa shape index (κ1) is 13.5. The summed E-state index contributed by atoms with van der Waals surface area (Å²) in [7, 11) is 0. The van der Waals surface area contributed by atoms with Gasteiger partial charge in [-0.25, -0.2) is 4.90 Å². The van der Waals surface area contributed by atoms with Gasteiger partial charge in [-0.2, -0.15) is 0 Å². The lowest BCUT2D eigenvalue weighted by Crippen LogP contribution is -2.54. The summed E-state index contributed by atoms with van der Waals surface area (Å²) in [5.41, 5.74) is -0.450. The summed E-state index contributed by atoms with van der Waals surface area (Å²) in [6.07, 6.45) is 0.208. The van der Waals surface area contributed by atoms with E-state index in [1.165, 1.54) is 0 Å². The van der Waals surface area contributed by atoms with Gasteiger partial charge in [-0.15, -0.1) is 0 Å². The van der Waals surface area contributed by atoms with Gasteiger partial charge in [-0.05, 0) is 24.6 Å². The minimum Gasteiger partial charge on any atom is -0.375 e. The first-order valence-corrected chi connectivity index (χ1v) is 6.85. The Morgan fingerprint density at radius 1 is 1.00 bits per heavy atom. The summed E-state index contributed by atoms with van der Waals surface area (Å²) in [5.74, 6) is -1.00. The zero-order chi connectivity index (χ0) is 15.0. The van der Waals surface area contributed by atoms with Crippen LogP contribution in [-0.2, 0) is 10.4 Å². The molecule has 1 aliphatic rings. The fourth-order valence-electron chi connectivity index (χ4n) is 2.70. The summed E-state index contributed by atoms with van der Waals surface area (Å²) in [6.45, 7) is 1.73. The van der Waals surface area contributed by atoms with Gasteiger partial charge >= 0.3 is 0 Å². The van der Waals surface area contributed by atoms with E-state index in [0.29, 0.717) is 16.8 Å². The Morgan fingerprint density at radius 3 is 2.29 bits per heavy atom. The maximum absolute atomic E-state index is 12.7. The van der Waals surface area contributed by atoms with Gasteiger partial charge in [0.2, 0.25) is 0 Å². The molecular weight excluding hydrogens is 266 g/mol. The average Bonchev–Trinajstić information content (AvgIpc) is 2.54. The molecule has 1 atom stereocenters. The quantitative estimate of drug-likeness (QED) is 0.860. The van der Waals surface area contributed by atoms with Crippen LogP contribution in [0.5, 0.6) is 0 Å². The van der Waals surface area contributed by atoms with E-state index in [2.05, 4.69) is 0 Å². The van der Waals surface area contributed by atoms with Crippen LogP contribution in [0.4, 0.5) is 5.69 Å². The number of benzene rings is 2. The molecule has 0 aliphatic carbocycles. The molecule has 1 aliphatic heterocycles. The van der Waals surface area contributed by atoms with Crippen LogP contribution in [0.25, 0.3) is 0 Å². The van der Waals surface area contributed by atoms with Crippen LogP contribution in [0.3, 0.4) is 0 Å². The second kappa shape index (κ2) is 4.82. The van der Waals surface area contributed by atoms with Crippen LogP contribution < -0.4 is 4.90 Å². The molecular formula is C17H15NO3. The third-order valence-corrected chi connectivity index (χ3v) is 3.89. The molecule has 0 spiro atoms. The minimum atomic E-state index is -1.67. The average molecular weight is 281 g/mol. The second-order valence-corrected chi connectivity index (χ2v) is 5.04. The van der Waals surface area contributed by atoms with Crippen molar-refractivity contribution >= 4 is 17.5 Å². The highest BCUT2D eigenvalue weighted by Gasteiger charge is 2.48. The fourth-order valence-corrected chi connectivity index (χ4v) is 2.70. The van der Waals surface area contributed by atoms with Gasteiger partial charge in [0.1, 0.15) is 0 Å². The van der Waals surface area contributed by atoms with Crippen molar-refractivity contribution in [2.45, 2.75) is 18.9 Å². The largest absolute Gasteiger partial charge is 0.375 e. The lowest BCUT2D eigenvalue weighted by Gasteiger charge is -2.37. The Balaban J connectivity index is 2.23. The maximum atomic E-state index is 12.7. The van der Waals surface area contributed by atoms with Crippen molar-refractivity contribution < 1.29 is 14.7 Å². The first-order valence-electron chi connectivity index (χ1n) is 6.85. The molecule has 0 fully saturated rings. The summed E-state index contributed by atoms with van der Waals surface area (Å²) in [5, 5.41) is 10.8. The summed E-state index contributed by atoms with van der Waals surface area (Å²) >= 11 is 0. The van der Waals surface area contributed by atoms with Crippen molar-refractivity contribution in [2.24, 2.45) is 0 Å². The number of hydrogen-bond donors (Lipinski definition) is 1. The molecule has 1 unspecified atom stereocenters. The van der Waals surface area contributed by atoms with E-state index in [0.717, 1.165) is 4.90 Å². The number of carbonyl (C=O) groups is 2. The summed E-state index contributed by atoms with van der Waals surface area (Å²) in [6, 6.07) is 15.4. The number of hydrogen-bond acceptors (Lipinski definition) is 3. The highest BCUT2D eigenvalue weighted by atomic mass is 16.3. The Kier molecular flexibility index (Phi) is 3.11. The minimum absolute atomic E-state index is 0.208. The van der Waals surface area contributed by atoms with Crippen LogP contribution >= 0.6 is 0 Å².